The van der Waals surface area contributed by atoms with Gasteiger partial charge in [0.2, 0.25) is 0 Å². The van der Waals surface area contributed by atoms with Gasteiger partial charge in [0.1, 0.15) is 5.82 Å². The summed E-state index contributed by atoms with van der Waals surface area (Å²) >= 11 is 0. The average molecular weight is 205 g/mol. The van der Waals surface area contributed by atoms with Crippen molar-refractivity contribution in [2.24, 2.45) is 5.73 Å². The molecule has 2 N–H and O–H groups in total. The minimum absolute atomic E-state index is 0.00377. The molecule has 0 radical (unpaired) electrons. The fraction of sp³-hybridized carbons (Fsp3) is 0.667. The summed E-state index contributed by atoms with van der Waals surface area (Å²) in [4.78, 5) is 9.13. The Hall–Kier alpha value is -0.960. The summed E-state index contributed by atoms with van der Waals surface area (Å²) in [5.41, 5.74) is 9.72. The molecule has 0 fully saturated rings. The Balaban J connectivity index is 2.40. The lowest BCUT2D eigenvalue weighted by atomic mass is 9.95. The van der Waals surface area contributed by atoms with Gasteiger partial charge in [0.15, 0.2) is 0 Å². The Labute approximate surface area is 91.1 Å². The molecule has 1 aromatic rings. The van der Waals surface area contributed by atoms with Crippen molar-refractivity contribution in [1.82, 2.24) is 9.97 Å². The van der Waals surface area contributed by atoms with E-state index in [1.807, 2.05) is 0 Å². The topological polar surface area (TPSA) is 51.8 Å². The monoisotopic (exact) mass is 205 g/mol. The van der Waals surface area contributed by atoms with Gasteiger partial charge in [-0.2, -0.15) is 0 Å². The maximum Gasteiger partial charge on any atom is 0.145 e. The van der Waals surface area contributed by atoms with Gasteiger partial charge < -0.3 is 5.73 Å². The number of aromatic nitrogens is 2. The first-order chi connectivity index (χ1) is 7.22. The van der Waals surface area contributed by atoms with Crippen LogP contribution in [0.4, 0.5) is 0 Å². The van der Waals surface area contributed by atoms with E-state index in [0.29, 0.717) is 0 Å². The zero-order valence-corrected chi connectivity index (χ0v) is 9.58. The highest BCUT2D eigenvalue weighted by Crippen LogP contribution is 2.23. The van der Waals surface area contributed by atoms with Crippen LogP contribution in [-0.2, 0) is 12.8 Å². The highest BCUT2D eigenvalue weighted by Gasteiger charge is 2.17. The van der Waals surface area contributed by atoms with Crippen LogP contribution < -0.4 is 5.73 Å². The summed E-state index contributed by atoms with van der Waals surface area (Å²) < 4.78 is 0. The van der Waals surface area contributed by atoms with Crippen LogP contribution in [0.1, 0.15) is 55.0 Å². The largest absolute Gasteiger partial charge is 0.321 e. The number of hydrogen-bond acceptors (Lipinski definition) is 3. The normalized spacial score (nSPS) is 17.3. The number of fused-ring (bicyclic) bond motifs is 1. The number of nitrogens with zero attached hydrogens (tertiary/aromatic N) is 2. The van der Waals surface area contributed by atoms with Gasteiger partial charge in [0.25, 0.3) is 0 Å². The molecule has 0 saturated heterocycles. The summed E-state index contributed by atoms with van der Waals surface area (Å²) in [6.45, 7) is 4.15. The Bertz CT molecular complexity index is 360. The first-order valence-corrected chi connectivity index (χ1v) is 5.84. The van der Waals surface area contributed by atoms with Crippen LogP contribution in [0.2, 0.25) is 0 Å². The molecule has 1 atom stereocenters. The van der Waals surface area contributed by atoms with E-state index in [4.69, 9.17) is 5.73 Å². The van der Waals surface area contributed by atoms with Crippen molar-refractivity contribution in [3.63, 3.8) is 0 Å². The lowest BCUT2D eigenvalue weighted by Gasteiger charge is -2.19. The fourth-order valence-electron chi connectivity index (χ4n) is 2.15. The van der Waals surface area contributed by atoms with Crippen LogP contribution in [0, 0.1) is 6.92 Å². The van der Waals surface area contributed by atoms with Gasteiger partial charge in [-0.05, 0) is 44.6 Å². The van der Waals surface area contributed by atoms with Gasteiger partial charge >= 0.3 is 0 Å². The molecule has 82 valence electrons. The first kappa shape index (κ1) is 10.6. The lowest BCUT2D eigenvalue weighted by Crippen LogP contribution is -2.18. The third-order valence-electron chi connectivity index (χ3n) is 3.18. The third kappa shape index (κ3) is 2.02. The smallest absolute Gasteiger partial charge is 0.145 e. The standard InChI is InChI=1S/C12H19N3/c1-3-10(13)12-14-8(2)9-6-4-5-7-11(9)15-12/h10H,3-7,13H2,1-2H3. The molecule has 3 nitrogen and oxygen atoms in total. The van der Waals surface area contributed by atoms with Crippen LogP contribution in [0.25, 0.3) is 0 Å². The molecule has 1 aliphatic carbocycles. The van der Waals surface area contributed by atoms with E-state index in [9.17, 15) is 0 Å². The molecular formula is C12H19N3. The molecule has 0 saturated carbocycles. The molecule has 1 heterocycles. The second-order valence-electron chi connectivity index (χ2n) is 4.31. The number of hydrogen-bond donors (Lipinski definition) is 1. The van der Waals surface area contributed by atoms with Crippen molar-refractivity contribution >= 4 is 0 Å². The van der Waals surface area contributed by atoms with Crippen molar-refractivity contribution < 1.29 is 0 Å². The first-order valence-electron chi connectivity index (χ1n) is 5.84. The van der Waals surface area contributed by atoms with Crippen LogP contribution in [0.3, 0.4) is 0 Å². The number of rotatable bonds is 2. The second kappa shape index (κ2) is 4.27. The maximum atomic E-state index is 5.97. The van der Waals surface area contributed by atoms with Gasteiger partial charge in [0.05, 0.1) is 6.04 Å². The second-order valence-corrected chi connectivity index (χ2v) is 4.31. The van der Waals surface area contributed by atoms with Crippen LogP contribution >= 0.6 is 0 Å². The lowest BCUT2D eigenvalue weighted by molar-refractivity contribution is 0.605. The van der Waals surface area contributed by atoms with E-state index >= 15 is 0 Å². The van der Waals surface area contributed by atoms with E-state index in [1.54, 1.807) is 0 Å². The zero-order chi connectivity index (χ0) is 10.8. The summed E-state index contributed by atoms with van der Waals surface area (Å²) in [5.74, 6) is 0.829. The SMILES string of the molecule is CCC(N)c1nc(C)c2c(n1)CCCC2. The van der Waals surface area contributed by atoms with Crippen molar-refractivity contribution in [3.05, 3.63) is 22.8 Å². The highest BCUT2D eigenvalue weighted by atomic mass is 14.9. The van der Waals surface area contributed by atoms with Gasteiger partial charge in [0, 0.05) is 11.4 Å². The van der Waals surface area contributed by atoms with Crippen molar-refractivity contribution in [3.8, 4) is 0 Å². The third-order valence-corrected chi connectivity index (χ3v) is 3.18. The van der Waals surface area contributed by atoms with Gasteiger partial charge in [-0.1, -0.05) is 6.92 Å². The molecule has 0 aliphatic heterocycles. The molecule has 15 heavy (non-hydrogen) atoms. The molecule has 3 heteroatoms. The minimum Gasteiger partial charge on any atom is -0.321 e. The van der Waals surface area contributed by atoms with E-state index in [1.165, 1.54) is 24.1 Å². The van der Waals surface area contributed by atoms with Gasteiger partial charge in [-0.3, -0.25) is 0 Å². The Kier molecular flexibility index (Phi) is 3.00. The highest BCUT2D eigenvalue weighted by molar-refractivity contribution is 5.28. The van der Waals surface area contributed by atoms with E-state index in [-0.39, 0.29) is 6.04 Å². The Morgan fingerprint density at radius 1 is 1.27 bits per heavy atom. The molecule has 1 unspecified atom stereocenters. The van der Waals surface area contributed by atoms with Gasteiger partial charge in [-0.15, -0.1) is 0 Å². The number of aryl methyl sites for hydroxylation is 2. The Morgan fingerprint density at radius 3 is 2.73 bits per heavy atom. The predicted molar refractivity (Wildman–Crippen MR) is 60.6 cm³/mol. The number of nitrogens with two attached hydrogens (primary N) is 1. The van der Waals surface area contributed by atoms with Crippen LogP contribution in [0.5, 0.6) is 0 Å². The van der Waals surface area contributed by atoms with Crippen molar-refractivity contribution in [1.29, 1.82) is 0 Å². The van der Waals surface area contributed by atoms with E-state index in [2.05, 4.69) is 23.8 Å². The van der Waals surface area contributed by atoms with Crippen LogP contribution in [0.15, 0.2) is 0 Å². The molecular weight excluding hydrogens is 186 g/mol. The van der Waals surface area contributed by atoms with E-state index in [0.717, 1.165) is 30.8 Å². The minimum atomic E-state index is -0.00377. The molecule has 0 spiro atoms. The van der Waals surface area contributed by atoms with Crippen molar-refractivity contribution in [2.45, 2.75) is 52.0 Å². The summed E-state index contributed by atoms with van der Waals surface area (Å²) in [6.07, 6.45) is 5.67. The molecule has 0 amide bonds. The Morgan fingerprint density at radius 2 is 2.00 bits per heavy atom. The maximum absolute atomic E-state index is 5.97. The van der Waals surface area contributed by atoms with Crippen molar-refractivity contribution in [2.75, 3.05) is 0 Å². The quantitative estimate of drug-likeness (QED) is 0.804. The zero-order valence-electron chi connectivity index (χ0n) is 9.58. The van der Waals surface area contributed by atoms with Gasteiger partial charge in [-0.25, -0.2) is 9.97 Å². The molecule has 2 rings (SSSR count). The molecule has 1 aliphatic rings. The fourth-order valence-corrected chi connectivity index (χ4v) is 2.15. The predicted octanol–water partition coefficient (Wildman–Crippen LogP) is 2.07. The summed E-state index contributed by atoms with van der Waals surface area (Å²) in [7, 11) is 0. The summed E-state index contributed by atoms with van der Waals surface area (Å²) in [5, 5.41) is 0. The van der Waals surface area contributed by atoms with Crippen LogP contribution in [-0.4, -0.2) is 9.97 Å². The average Bonchev–Trinajstić information content (AvgIpc) is 2.28. The molecule has 0 bridgehead atoms. The molecule has 1 aromatic heterocycles. The van der Waals surface area contributed by atoms with E-state index < -0.39 is 0 Å². The summed E-state index contributed by atoms with van der Waals surface area (Å²) in [6, 6.07) is -0.00377. The molecule has 0 aromatic carbocycles.